The van der Waals surface area contributed by atoms with Crippen LogP contribution in [0.2, 0.25) is 0 Å². The summed E-state index contributed by atoms with van der Waals surface area (Å²) in [6, 6.07) is 5.56. The van der Waals surface area contributed by atoms with Crippen LogP contribution < -0.4 is 11.1 Å². The third-order valence-corrected chi connectivity index (χ3v) is 4.80. The Morgan fingerprint density at radius 3 is 2.54 bits per heavy atom. The Kier molecular flexibility index (Phi) is 6.06. The number of rotatable bonds is 5. The van der Waals surface area contributed by atoms with Crippen LogP contribution in [0.15, 0.2) is 24.3 Å². The van der Waals surface area contributed by atoms with E-state index in [1.807, 2.05) is 31.2 Å². The van der Waals surface area contributed by atoms with E-state index in [1.54, 1.807) is 0 Å². The normalized spacial score (nSPS) is 19.5. The fraction of sp³-hybridized carbons (Fsp3) is 0.500. The molecule has 2 rings (SSSR count). The topological polar surface area (TPSA) is 95.7 Å². The fourth-order valence-corrected chi connectivity index (χ4v) is 3.04. The predicted octanol–water partition coefficient (Wildman–Crippen LogP) is 0.934. The van der Waals surface area contributed by atoms with Crippen molar-refractivity contribution in [3.05, 3.63) is 35.4 Å². The minimum absolute atomic E-state index is 0.213. The van der Waals surface area contributed by atoms with Crippen molar-refractivity contribution < 1.29 is 14.7 Å². The number of carbonyl (C=O) groups is 2. The highest BCUT2D eigenvalue weighted by Crippen LogP contribution is 2.22. The Labute approximate surface area is 154 Å². The predicted molar refractivity (Wildman–Crippen MR) is 99.9 cm³/mol. The standard InChI is InChI=1S/C20H27N3O3/c1-5-14-8-10-15(11-9-14)13(2)22-18(24)16-7-6-12-23(16)19(25)17(21)20(3,4)26/h1,8-11,13,16-17,26H,6-7,12,21H2,2-4H3,(H,22,24). The van der Waals surface area contributed by atoms with Gasteiger partial charge in [0.1, 0.15) is 12.1 Å². The molecule has 0 radical (unpaired) electrons. The summed E-state index contributed by atoms with van der Waals surface area (Å²) < 4.78 is 0. The highest BCUT2D eigenvalue weighted by molar-refractivity contribution is 5.91. The Bertz CT molecular complexity index is 700. The fourth-order valence-electron chi connectivity index (χ4n) is 3.04. The summed E-state index contributed by atoms with van der Waals surface area (Å²) in [6.07, 6.45) is 6.66. The molecular weight excluding hydrogens is 330 g/mol. The average molecular weight is 357 g/mol. The molecule has 2 amide bonds. The van der Waals surface area contributed by atoms with Crippen LogP contribution in [0.1, 0.15) is 50.8 Å². The molecular formula is C20H27N3O3. The van der Waals surface area contributed by atoms with Gasteiger partial charge >= 0.3 is 0 Å². The maximum absolute atomic E-state index is 12.7. The first-order chi connectivity index (χ1) is 12.1. The first kappa shape index (κ1) is 20.0. The molecule has 0 spiro atoms. The Morgan fingerprint density at radius 2 is 2.00 bits per heavy atom. The van der Waals surface area contributed by atoms with Gasteiger partial charge in [0.15, 0.2) is 0 Å². The number of hydrogen-bond acceptors (Lipinski definition) is 4. The van der Waals surface area contributed by atoms with E-state index in [-0.39, 0.29) is 11.9 Å². The van der Waals surface area contributed by atoms with Crippen LogP contribution >= 0.6 is 0 Å². The Balaban J connectivity index is 2.05. The monoisotopic (exact) mass is 357 g/mol. The number of nitrogens with two attached hydrogens (primary N) is 1. The van der Waals surface area contributed by atoms with Crippen molar-refractivity contribution >= 4 is 11.8 Å². The van der Waals surface area contributed by atoms with Crippen LogP contribution in [-0.2, 0) is 9.59 Å². The lowest BCUT2D eigenvalue weighted by Crippen LogP contribution is -2.57. The smallest absolute Gasteiger partial charge is 0.243 e. The second kappa shape index (κ2) is 7.90. The Morgan fingerprint density at radius 1 is 1.38 bits per heavy atom. The zero-order chi connectivity index (χ0) is 19.5. The third-order valence-electron chi connectivity index (χ3n) is 4.80. The lowest BCUT2D eigenvalue weighted by atomic mass is 9.98. The molecule has 1 aromatic carbocycles. The molecule has 6 heteroatoms. The number of aliphatic hydroxyl groups is 1. The van der Waals surface area contributed by atoms with Crippen molar-refractivity contribution in [2.24, 2.45) is 5.73 Å². The molecule has 26 heavy (non-hydrogen) atoms. The minimum atomic E-state index is -1.34. The van der Waals surface area contributed by atoms with Gasteiger partial charge in [-0.3, -0.25) is 9.59 Å². The van der Waals surface area contributed by atoms with E-state index in [2.05, 4.69) is 11.2 Å². The maximum Gasteiger partial charge on any atom is 0.243 e. The van der Waals surface area contributed by atoms with E-state index in [9.17, 15) is 14.7 Å². The summed E-state index contributed by atoms with van der Waals surface area (Å²) >= 11 is 0. The van der Waals surface area contributed by atoms with Crippen molar-refractivity contribution in [1.29, 1.82) is 0 Å². The molecule has 6 nitrogen and oxygen atoms in total. The Hall–Kier alpha value is -2.36. The van der Waals surface area contributed by atoms with Crippen LogP contribution in [0.3, 0.4) is 0 Å². The van der Waals surface area contributed by atoms with E-state index in [1.165, 1.54) is 18.7 Å². The molecule has 140 valence electrons. The van der Waals surface area contributed by atoms with Gasteiger partial charge in [-0.05, 0) is 51.3 Å². The third kappa shape index (κ3) is 4.43. The summed E-state index contributed by atoms with van der Waals surface area (Å²) in [4.78, 5) is 26.8. The van der Waals surface area contributed by atoms with Crippen LogP contribution in [-0.4, -0.2) is 46.1 Å². The van der Waals surface area contributed by atoms with E-state index >= 15 is 0 Å². The molecule has 1 saturated heterocycles. The van der Waals surface area contributed by atoms with Gasteiger partial charge in [0.25, 0.3) is 0 Å². The number of nitrogens with zero attached hydrogens (tertiary/aromatic N) is 1. The number of likely N-dealkylation sites (tertiary alicyclic amines) is 1. The molecule has 3 atom stereocenters. The number of hydrogen-bond donors (Lipinski definition) is 3. The zero-order valence-corrected chi connectivity index (χ0v) is 15.5. The lowest BCUT2D eigenvalue weighted by Gasteiger charge is -2.32. The summed E-state index contributed by atoms with van der Waals surface area (Å²) in [5.74, 6) is 1.94. The SMILES string of the molecule is C#Cc1ccc(C(C)NC(=O)C2CCCN2C(=O)C(N)C(C)(C)O)cc1. The van der Waals surface area contributed by atoms with Gasteiger partial charge in [-0.25, -0.2) is 0 Å². The molecule has 0 bridgehead atoms. The first-order valence-electron chi connectivity index (χ1n) is 8.80. The lowest BCUT2D eigenvalue weighted by molar-refractivity contribution is -0.143. The minimum Gasteiger partial charge on any atom is -0.388 e. The quantitative estimate of drug-likeness (QED) is 0.683. The van der Waals surface area contributed by atoms with E-state index in [4.69, 9.17) is 12.2 Å². The number of amides is 2. The molecule has 1 aliphatic rings. The molecule has 3 unspecified atom stereocenters. The van der Waals surface area contributed by atoms with Crippen molar-refractivity contribution in [3.8, 4) is 12.3 Å². The molecule has 0 saturated carbocycles. The molecule has 4 N–H and O–H groups in total. The molecule has 1 heterocycles. The highest BCUT2D eigenvalue weighted by Gasteiger charge is 2.40. The molecule has 0 aliphatic carbocycles. The van der Waals surface area contributed by atoms with Gasteiger partial charge in [-0.2, -0.15) is 0 Å². The zero-order valence-electron chi connectivity index (χ0n) is 15.5. The molecule has 0 aromatic heterocycles. The van der Waals surface area contributed by atoms with Gasteiger partial charge in [0.05, 0.1) is 11.6 Å². The number of benzene rings is 1. The average Bonchev–Trinajstić information content (AvgIpc) is 3.09. The summed E-state index contributed by atoms with van der Waals surface area (Å²) in [6.45, 7) is 5.32. The van der Waals surface area contributed by atoms with Crippen LogP contribution in [0.25, 0.3) is 0 Å². The second-order valence-electron chi connectivity index (χ2n) is 7.32. The van der Waals surface area contributed by atoms with E-state index < -0.39 is 23.6 Å². The van der Waals surface area contributed by atoms with Crippen LogP contribution in [0.4, 0.5) is 0 Å². The van der Waals surface area contributed by atoms with Crippen molar-refractivity contribution in [3.63, 3.8) is 0 Å². The molecule has 1 fully saturated rings. The van der Waals surface area contributed by atoms with Crippen LogP contribution in [0.5, 0.6) is 0 Å². The van der Waals surface area contributed by atoms with E-state index in [0.29, 0.717) is 13.0 Å². The van der Waals surface area contributed by atoms with Crippen molar-refractivity contribution in [2.45, 2.75) is 57.3 Å². The maximum atomic E-state index is 12.7. The summed E-state index contributed by atoms with van der Waals surface area (Å²) in [5.41, 5.74) is 6.24. The second-order valence-corrected chi connectivity index (χ2v) is 7.32. The summed E-state index contributed by atoms with van der Waals surface area (Å²) in [5, 5.41) is 12.9. The van der Waals surface area contributed by atoms with Gasteiger partial charge in [-0.15, -0.1) is 6.42 Å². The molecule has 1 aromatic rings. The highest BCUT2D eigenvalue weighted by atomic mass is 16.3. The largest absolute Gasteiger partial charge is 0.388 e. The van der Waals surface area contributed by atoms with Gasteiger partial charge < -0.3 is 21.1 Å². The number of nitrogens with one attached hydrogen (secondary N) is 1. The van der Waals surface area contributed by atoms with Crippen LogP contribution in [0, 0.1) is 12.3 Å². The van der Waals surface area contributed by atoms with Crippen molar-refractivity contribution in [2.75, 3.05) is 6.54 Å². The molecule has 1 aliphatic heterocycles. The van der Waals surface area contributed by atoms with Gasteiger partial charge in [-0.1, -0.05) is 18.1 Å². The number of terminal acetylenes is 1. The van der Waals surface area contributed by atoms with Gasteiger partial charge in [0, 0.05) is 12.1 Å². The summed E-state index contributed by atoms with van der Waals surface area (Å²) in [7, 11) is 0. The van der Waals surface area contributed by atoms with Gasteiger partial charge in [0.2, 0.25) is 11.8 Å². The number of carbonyl (C=O) groups excluding carboxylic acids is 2. The van der Waals surface area contributed by atoms with E-state index in [0.717, 1.165) is 17.5 Å². The first-order valence-corrected chi connectivity index (χ1v) is 8.80. The van der Waals surface area contributed by atoms with Crippen molar-refractivity contribution in [1.82, 2.24) is 10.2 Å².